The maximum atomic E-state index is 12.3. The van der Waals surface area contributed by atoms with Crippen LogP contribution in [0.1, 0.15) is 12.8 Å². The van der Waals surface area contributed by atoms with Gasteiger partial charge in [0.1, 0.15) is 0 Å². The number of para-hydroxylation sites is 2. The summed E-state index contributed by atoms with van der Waals surface area (Å²) in [6.07, 6.45) is 7.39. The lowest BCUT2D eigenvalue weighted by Crippen LogP contribution is -2.64. The van der Waals surface area contributed by atoms with Crippen molar-refractivity contribution in [3.63, 3.8) is 0 Å². The quantitative estimate of drug-likeness (QED) is 0.634. The molecular formula is C21H26N4O. The van der Waals surface area contributed by atoms with Crippen molar-refractivity contribution in [2.45, 2.75) is 12.8 Å². The molecule has 0 unspecified atom stereocenters. The third kappa shape index (κ3) is 2.23. The molecule has 3 N–H and O–H groups in total. The number of hydrogen-bond acceptors (Lipinski definition) is 3. The fraction of sp³-hybridized carbons (Fsp3) is 0.476. The number of amides is 2. The molecule has 26 heavy (non-hydrogen) atoms. The fourth-order valence-electron chi connectivity index (χ4n) is 5.32. The first-order valence-corrected chi connectivity index (χ1v) is 9.57. The van der Waals surface area contributed by atoms with E-state index in [0.29, 0.717) is 22.7 Å². The zero-order valence-electron chi connectivity index (χ0n) is 15.2. The number of carbonyl (C=O) groups excluding carboxylic acids is 1. The Morgan fingerprint density at radius 3 is 2.69 bits per heavy atom. The molecule has 5 heteroatoms. The van der Waals surface area contributed by atoms with Crippen molar-refractivity contribution in [1.29, 1.82) is 0 Å². The van der Waals surface area contributed by atoms with Gasteiger partial charge in [-0.15, -0.1) is 0 Å². The maximum Gasteiger partial charge on any atom is 0.321 e. The van der Waals surface area contributed by atoms with Crippen LogP contribution in [0.25, 0.3) is 0 Å². The topological polar surface area (TPSA) is 61.6 Å². The van der Waals surface area contributed by atoms with Crippen LogP contribution >= 0.6 is 0 Å². The molecule has 1 saturated heterocycles. The summed E-state index contributed by atoms with van der Waals surface area (Å²) in [5.74, 6) is 1.37. The molecule has 3 saturated carbocycles. The van der Waals surface area contributed by atoms with Gasteiger partial charge in [0, 0.05) is 43.4 Å². The Bertz CT molecular complexity index is 801. The molecule has 1 heterocycles. The third-order valence-electron chi connectivity index (χ3n) is 6.64. The van der Waals surface area contributed by atoms with E-state index in [2.05, 4.69) is 29.4 Å². The Hall–Kier alpha value is -2.27. The summed E-state index contributed by atoms with van der Waals surface area (Å²) >= 11 is 0. The summed E-state index contributed by atoms with van der Waals surface area (Å²) < 4.78 is 0. The normalized spacial score (nSPS) is 28.5. The molecule has 4 aliphatic carbocycles. The second-order valence-electron chi connectivity index (χ2n) is 8.38. The molecule has 6 rings (SSSR count). The average molecular weight is 350 g/mol. The number of benzene rings is 1. The number of carbonyl (C=O) groups is 1. The van der Waals surface area contributed by atoms with Gasteiger partial charge in [0.25, 0.3) is 0 Å². The molecule has 2 amide bonds. The van der Waals surface area contributed by atoms with Crippen molar-refractivity contribution in [3.8, 4) is 0 Å². The minimum atomic E-state index is -0.0499. The first-order valence-electron chi connectivity index (χ1n) is 9.57. The van der Waals surface area contributed by atoms with Crippen LogP contribution in [0.5, 0.6) is 0 Å². The second-order valence-corrected chi connectivity index (χ2v) is 8.38. The van der Waals surface area contributed by atoms with E-state index in [-0.39, 0.29) is 6.03 Å². The monoisotopic (exact) mass is 350 g/mol. The number of nitrogens with one attached hydrogen (secondary N) is 1. The van der Waals surface area contributed by atoms with E-state index >= 15 is 0 Å². The molecule has 1 aromatic carbocycles. The molecular weight excluding hydrogens is 324 g/mol. The number of nitrogens with two attached hydrogens (primary N) is 1. The molecule has 1 aromatic rings. The van der Waals surface area contributed by atoms with Crippen molar-refractivity contribution < 1.29 is 4.79 Å². The van der Waals surface area contributed by atoms with E-state index in [9.17, 15) is 4.79 Å². The van der Waals surface area contributed by atoms with Gasteiger partial charge in [-0.05, 0) is 32.0 Å². The van der Waals surface area contributed by atoms with E-state index < -0.39 is 0 Å². The zero-order valence-corrected chi connectivity index (χ0v) is 15.2. The molecule has 5 aliphatic rings. The predicted octanol–water partition coefficient (Wildman–Crippen LogP) is 2.94. The summed E-state index contributed by atoms with van der Waals surface area (Å²) in [5, 5.41) is 2.91. The van der Waals surface area contributed by atoms with Crippen LogP contribution in [0.3, 0.4) is 0 Å². The van der Waals surface area contributed by atoms with E-state index in [1.54, 1.807) is 17.2 Å². The summed E-state index contributed by atoms with van der Waals surface area (Å²) in [6, 6.07) is 7.33. The third-order valence-corrected chi connectivity index (χ3v) is 6.64. The summed E-state index contributed by atoms with van der Waals surface area (Å²) in [6.45, 7) is 3.85. The van der Waals surface area contributed by atoms with Crippen LogP contribution in [0.2, 0.25) is 0 Å². The van der Waals surface area contributed by atoms with E-state index in [4.69, 9.17) is 5.73 Å². The molecule has 0 spiro atoms. The van der Waals surface area contributed by atoms with Crippen molar-refractivity contribution in [3.05, 3.63) is 47.6 Å². The number of anilines is 2. The number of nitrogens with zero attached hydrogens (tertiary/aromatic N) is 2. The van der Waals surface area contributed by atoms with Gasteiger partial charge in [-0.2, -0.15) is 0 Å². The van der Waals surface area contributed by atoms with Crippen molar-refractivity contribution in [1.82, 2.24) is 9.80 Å². The van der Waals surface area contributed by atoms with Gasteiger partial charge in [0.15, 0.2) is 0 Å². The second kappa shape index (κ2) is 5.61. The standard InChI is InChI=1S/C21H26N4O/c1-24(13-21-9-15-16(21)5-4-6-17(15)21)10-14-11-25(12-14)20(26)23-19-8-3-2-7-18(19)22/h2-3,5-8,14-15H,4,9-13,22H2,1H3,(H,23,26). The number of likely N-dealkylation sites (tertiary alicyclic amines) is 1. The van der Waals surface area contributed by atoms with E-state index in [0.717, 1.165) is 38.5 Å². The van der Waals surface area contributed by atoms with E-state index in [1.165, 1.54) is 6.42 Å². The van der Waals surface area contributed by atoms with Gasteiger partial charge in [0.2, 0.25) is 0 Å². The molecule has 1 aliphatic heterocycles. The Labute approximate surface area is 154 Å². The summed E-state index contributed by atoms with van der Waals surface area (Å²) in [5.41, 5.74) is 11.0. The Morgan fingerprint density at radius 1 is 1.31 bits per heavy atom. The fourth-order valence-corrected chi connectivity index (χ4v) is 5.32. The van der Waals surface area contributed by atoms with Crippen molar-refractivity contribution in [2.75, 3.05) is 44.3 Å². The van der Waals surface area contributed by atoms with Gasteiger partial charge in [-0.25, -0.2) is 4.79 Å². The van der Waals surface area contributed by atoms with Crippen LogP contribution < -0.4 is 11.1 Å². The lowest BCUT2D eigenvalue weighted by atomic mass is 9.36. The van der Waals surface area contributed by atoms with Crippen molar-refractivity contribution in [2.24, 2.45) is 17.3 Å². The van der Waals surface area contributed by atoms with Gasteiger partial charge < -0.3 is 20.9 Å². The van der Waals surface area contributed by atoms with Crippen LogP contribution in [-0.4, -0.2) is 49.1 Å². The Morgan fingerprint density at radius 2 is 2.04 bits per heavy atom. The molecule has 0 aromatic heterocycles. The van der Waals surface area contributed by atoms with Crippen molar-refractivity contribution >= 4 is 17.4 Å². The van der Waals surface area contributed by atoms with Gasteiger partial charge in [0.05, 0.1) is 11.4 Å². The number of urea groups is 1. The Kier molecular flexibility index (Phi) is 3.44. The molecule has 4 fully saturated rings. The molecule has 0 radical (unpaired) electrons. The SMILES string of the molecule is CN(CC1CN(C(=O)Nc2ccccc2N)C1)CC12CC3C1=CCC=C32. The summed E-state index contributed by atoms with van der Waals surface area (Å²) in [7, 11) is 2.23. The minimum Gasteiger partial charge on any atom is -0.397 e. The first kappa shape index (κ1) is 15.9. The highest BCUT2D eigenvalue weighted by Crippen LogP contribution is 2.74. The molecule has 5 nitrogen and oxygen atoms in total. The maximum absolute atomic E-state index is 12.3. The molecule has 136 valence electrons. The van der Waals surface area contributed by atoms with Crippen LogP contribution in [0.15, 0.2) is 47.6 Å². The van der Waals surface area contributed by atoms with Gasteiger partial charge in [-0.1, -0.05) is 35.4 Å². The highest BCUT2D eigenvalue weighted by molar-refractivity contribution is 5.93. The molecule has 0 atom stereocenters. The zero-order chi connectivity index (χ0) is 17.9. The van der Waals surface area contributed by atoms with Crippen LogP contribution in [0.4, 0.5) is 16.2 Å². The number of rotatable bonds is 5. The number of hydrogen-bond donors (Lipinski definition) is 2. The lowest BCUT2D eigenvalue weighted by molar-refractivity contribution is 0.0335. The average Bonchev–Trinajstić information content (AvgIpc) is 2.57. The highest BCUT2D eigenvalue weighted by atomic mass is 16.2. The predicted molar refractivity (Wildman–Crippen MR) is 104 cm³/mol. The van der Waals surface area contributed by atoms with Gasteiger partial charge >= 0.3 is 6.03 Å². The smallest absolute Gasteiger partial charge is 0.321 e. The largest absolute Gasteiger partial charge is 0.397 e. The minimum absolute atomic E-state index is 0.0499. The lowest BCUT2D eigenvalue weighted by Gasteiger charge is -2.69. The number of nitrogen functional groups attached to an aromatic ring is 1. The van der Waals surface area contributed by atoms with Crippen LogP contribution in [-0.2, 0) is 0 Å². The summed E-state index contributed by atoms with van der Waals surface area (Å²) in [4.78, 5) is 16.7. The highest BCUT2D eigenvalue weighted by Gasteiger charge is 2.66. The van der Waals surface area contributed by atoms with Gasteiger partial charge in [-0.3, -0.25) is 0 Å². The molecule has 4 bridgehead atoms. The van der Waals surface area contributed by atoms with E-state index in [1.807, 2.05) is 23.1 Å². The first-order chi connectivity index (χ1) is 12.6. The van der Waals surface area contributed by atoms with Crippen LogP contribution in [0, 0.1) is 17.3 Å². The Balaban J connectivity index is 1.09. The number of allylic oxidation sites excluding steroid dienone is 2.